The van der Waals surface area contributed by atoms with Gasteiger partial charge in [0.05, 0.1) is 11.7 Å². The van der Waals surface area contributed by atoms with E-state index in [-0.39, 0.29) is 5.75 Å². The number of aromatic hydroxyl groups is 1. The van der Waals surface area contributed by atoms with E-state index in [2.05, 4.69) is 15.2 Å². The van der Waals surface area contributed by atoms with Gasteiger partial charge in [-0.1, -0.05) is 0 Å². The summed E-state index contributed by atoms with van der Waals surface area (Å²) in [5, 5.41) is 20.0. The van der Waals surface area contributed by atoms with E-state index in [1.54, 1.807) is 24.0 Å². The van der Waals surface area contributed by atoms with Crippen molar-refractivity contribution in [1.82, 2.24) is 34.1 Å². The highest BCUT2D eigenvalue weighted by Gasteiger charge is 2.21. The molecule has 0 aromatic carbocycles. The maximum atomic E-state index is 10.4. The van der Waals surface area contributed by atoms with Crippen molar-refractivity contribution in [3.63, 3.8) is 0 Å². The predicted octanol–water partition coefficient (Wildman–Crippen LogP) is 2.27. The lowest BCUT2D eigenvalue weighted by molar-refractivity contribution is 0.472. The summed E-state index contributed by atoms with van der Waals surface area (Å²) in [6, 6.07) is 1.93. The van der Waals surface area contributed by atoms with Gasteiger partial charge in [0.2, 0.25) is 0 Å². The van der Waals surface area contributed by atoms with Crippen LogP contribution >= 0.6 is 0 Å². The van der Waals surface area contributed by atoms with Gasteiger partial charge in [0.15, 0.2) is 11.6 Å². The molecule has 4 rings (SSSR count). The maximum Gasteiger partial charge on any atom is 0.166 e. The van der Waals surface area contributed by atoms with Crippen molar-refractivity contribution in [2.45, 2.75) is 20.4 Å². The summed E-state index contributed by atoms with van der Waals surface area (Å²) in [5.74, 6) is 0.883. The standard InChI is InChI=1S/C17H19N7O/c1-5-24-15(16(25)10(2)21-24)12-9-22(3)17(20-12)14-11-8-19-23(4)13(11)6-7-18-14/h6-9,25H,5H2,1-4H3. The van der Waals surface area contributed by atoms with Crippen molar-refractivity contribution in [1.29, 1.82) is 0 Å². The quantitative estimate of drug-likeness (QED) is 0.620. The van der Waals surface area contributed by atoms with Gasteiger partial charge in [-0.2, -0.15) is 10.2 Å². The average Bonchev–Trinajstić information content (AvgIpc) is 3.25. The van der Waals surface area contributed by atoms with E-state index in [1.165, 1.54) is 0 Å². The molecule has 8 nitrogen and oxygen atoms in total. The van der Waals surface area contributed by atoms with E-state index in [1.807, 2.05) is 42.5 Å². The Morgan fingerprint density at radius 2 is 2.04 bits per heavy atom. The molecule has 0 atom stereocenters. The smallest absolute Gasteiger partial charge is 0.166 e. The molecule has 0 bridgehead atoms. The molecule has 4 aromatic rings. The normalized spacial score (nSPS) is 11.5. The minimum absolute atomic E-state index is 0.166. The van der Waals surface area contributed by atoms with Crippen LogP contribution in [0.15, 0.2) is 24.7 Å². The summed E-state index contributed by atoms with van der Waals surface area (Å²) in [7, 11) is 3.82. The van der Waals surface area contributed by atoms with E-state index < -0.39 is 0 Å². The fraction of sp³-hybridized carbons (Fsp3) is 0.294. The first-order chi connectivity index (χ1) is 12.0. The molecule has 0 saturated carbocycles. The van der Waals surface area contributed by atoms with Gasteiger partial charge in [-0.15, -0.1) is 0 Å². The highest BCUT2D eigenvalue weighted by Crippen LogP contribution is 2.33. The average molecular weight is 337 g/mol. The van der Waals surface area contributed by atoms with E-state index >= 15 is 0 Å². The van der Waals surface area contributed by atoms with Crippen LogP contribution in [0.5, 0.6) is 5.75 Å². The lowest BCUT2D eigenvalue weighted by Crippen LogP contribution is -1.99. The molecule has 128 valence electrons. The third kappa shape index (κ3) is 2.21. The zero-order valence-electron chi connectivity index (χ0n) is 14.6. The molecule has 0 saturated heterocycles. The van der Waals surface area contributed by atoms with E-state index in [0.717, 1.165) is 22.4 Å². The number of aryl methyl sites for hydroxylation is 4. The van der Waals surface area contributed by atoms with Gasteiger partial charge < -0.3 is 9.67 Å². The number of pyridine rings is 1. The van der Waals surface area contributed by atoms with Gasteiger partial charge in [-0.25, -0.2) is 4.98 Å². The molecule has 4 heterocycles. The van der Waals surface area contributed by atoms with E-state index in [9.17, 15) is 5.11 Å². The van der Waals surface area contributed by atoms with Crippen LogP contribution in [0.1, 0.15) is 12.6 Å². The molecule has 0 spiro atoms. The number of nitrogens with zero attached hydrogens (tertiary/aromatic N) is 7. The molecular formula is C17H19N7O. The second-order valence-corrected chi connectivity index (χ2v) is 6.02. The summed E-state index contributed by atoms with van der Waals surface area (Å²) < 4.78 is 5.48. The van der Waals surface area contributed by atoms with Gasteiger partial charge in [0.1, 0.15) is 22.8 Å². The first-order valence-corrected chi connectivity index (χ1v) is 8.08. The third-order valence-corrected chi connectivity index (χ3v) is 4.40. The van der Waals surface area contributed by atoms with Gasteiger partial charge in [0.25, 0.3) is 0 Å². The first kappa shape index (κ1) is 15.4. The van der Waals surface area contributed by atoms with Crippen LogP contribution in [0, 0.1) is 6.92 Å². The van der Waals surface area contributed by atoms with Crippen molar-refractivity contribution < 1.29 is 5.11 Å². The Labute approximate surface area is 144 Å². The molecule has 8 heteroatoms. The Morgan fingerprint density at radius 3 is 2.80 bits per heavy atom. The summed E-state index contributed by atoms with van der Waals surface area (Å²) >= 11 is 0. The zero-order chi connectivity index (χ0) is 17.7. The molecular weight excluding hydrogens is 318 g/mol. The molecule has 0 fully saturated rings. The molecule has 4 aromatic heterocycles. The largest absolute Gasteiger partial charge is 0.504 e. The second-order valence-electron chi connectivity index (χ2n) is 6.02. The third-order valence-electron chi connectivity index (χ3n) is 4.40. The summed E-state index contributed by atoms with van der Waals surface area (Å²) in [4.78, 5) is 9.24. The molecule has 0 radical (unpaired) electrons. The molecule has 0 aliphatic rings. The Balaban J connectivity index is 1.92. The van der Waals surface area contributed by atoms with Crippen molar-refractivity contribution in [3.8, 4) is 28.7 Å². The lowest BCUT2D eigenvalue weighted by atomic mass is 10.2. The van der Waals surface area contributed by atoms with E-state index in [0.29, 0.717) is 23.6 Å². The number of fused-ring (bicyclic) bond motifs is 1. The van der Waals surface area contributed by atoms with Crippen LogP contribution < -0.4 is 0 Å². The fourth-order valence-corrected chi connectivity index (χ4v) is 3.11. The van der Waals surface area contributed by atoms with Crippen LogP contribution in [0.3, 0.4) is 0 Å². The van der Waals surface area contributed by atoms with Gasteiger partial charge in [-0.05, 0) is 19.9 Å². The Kier molecular flexibility index (Phi) is 3.34. The fourth-order valence-electron chi connectivity index (χ4n) is 3.11. The minimum Gasteiger partial charge on any atom is -0.504 e. The molecule has 0 amide bonds. The first-order valence-electron chi connectivity index (χ1n) is 8.08. The summed E-state index contributed by atoms with van der Waals surface area (Å²) in [6.45, 7) is 4.42. The predicted molar refractivity (Wildman–Crippen MR) is 94.0 cm³/mol. The second kappa shape index (κ2) is 5.44. The van der Waals surface area contributed by atoms with Gasteiger partial charge >= 0.3 is 0 Å². The van der Waals surface area contributed by atoms with Crippen LogP contribution in [0.25, 0.3) is 33.8 Å². The SMILES string of the molecule is CCn1nc(C)c(O)c1-c1cn(C)c(-c2nccc3c2cnn3C)n1. The molecule has 0 aliphatic heterocycles. The van der Waals surface area contributed by atoms with Crippen molar-refractivity contribution in [2.75, 3.05) is 0 Å². The van der Waals surface area contributed by atoms with Crippen LogP contribution in [0.4, 0.5) is 0 Å². The van der Waals surface area contributed by atoms with Crippen LogP contribution in [-0.4, -0.2) is 39.2 Å². The number of aromatic nitrogens is 7. The number of imidazole rings is 1. The molecule has 25 heavy (non-hydrogen) atoms. The van der Waals surface area contributed by atoms with Crippen LogP contribution in [0.2, 0.25) is 0 Å². The molecule has 1 N–H and O–H groups in total. The number of hydrogen-bond donors (Lipinski definition) is 1. The highest BCUT2D eigenvalue weighted by molar-refractivity contribution is 5.91. The topological polar surface area (TPSA) is 86.6 Å². The molecule has 0 aliphatic carbocycles. The molecule has 0 unspecified atom stereocenters. The lowest BCUT2D eigenvalue weighted by Gasteiger charge is -2.02. The summed E-state index contributed by atoms with van der Waals surface area (Å²) in [5.41, 5.74) is 3.64. The van der Waals surface area contributed by atoms with Crippen LogP contribution in [-0.2, 0) is 20.6 Å². The number of hydrogen-bond acceptors (Lipinski definition) is 5. The van der Waals surface area contributed by atoms with Gasteiger partial charge in [-0.3, -0.25) is 14.3 Å². The Morgan fingerprint density at radius 1 is 1.24 bits per heavy atom. The zero-order valence-corrected chi connectivity index (χ0v) is 14.6. The monoisotopic (exact) mass is 337 g/mol. The van der Waals surface area contributed by atoms with Crippen molar-refractivity contribution >= 4 is 10.9 Å². The minimum atomic E-state index is 0.166. The number of rotatable bonds is 3. The summed E-state index contributed by atoms with van der Waals surface area (Å²) in [6.07, 6.45) is 5.43. The van der Waals surface area contributed by atoms with Crippen molar-refractivity contribution in [3.05, 3.63) is 30.4 Å². The maximum absolute atomic E-state index is 10.4. The van der Waals surface area contributed by atoms with E-state index in [4.69, 9.17) is 4.98 Å². The Hall–Kier alpha value is -3.16. The Bertz CT molecular complexity index is 1090. The van der Waals surface area contributed by atoms with Crippen molar-refractivity contribution in [2.24, 2.45) is 14.1 Å². The highest BCUT2D eigenvalue weighted by atomic mass is 16.3. The van der Waals surface area contributed by atoms with Gasteiger partial charge in [0, 0.05) is 38.4 Å².